The fraction of sp³-hybridized carbons (Fsp3) is 0.438. The van der Waals surface area contributed by atoms with Crippen molar-refractivity contribution < 1.29 is 36.7 Å². The van der Waals surface area contributed by atoms with Gasteiger partial charge >= 0.3 is 6.36 Å². The maximum absolute atomic E-state index is 13.2. The maximum atomic E-state index is 13.2. The molecule has 0 unspecified atom stereocenters. The molecule has 0 spiro atoms. The van der Waals surface area contributed by atoms with Gasteiger partial charge in [-0.25, -0.2) is 4.98 Å². The van der Waals surface area contributed by atoms with Crippen LogP contribution in [-0.2, 0) is 4.79 Å². The lowest BCUT2D eigenvalue weighted by atomic mass is 10.1. The number of halogens is 3. The highest BCUT2D eigenvalue weighted by Gasteiger charge is 2.33. The van der Waals surface area contributed by atoms with E-state index < -0.39 is 12.3 Å². The summed E-state index contributed by atoms with van der Waals surface area (Å²) in [5.74, 6) is -0.175. The Kier molecular flexibility index (Phi) is 9.04. The molecule has 6 rings (SSSR count). The number of piperazine rings is 1. The molecular weight excluding hydrogens is 605 g/mol. The third kappa shape index (κ3) is 7.54. The van der Waals surface area contributed by atoms with E-state index in [1.807, 2.05) is 9.80 Å². The van der Waals surface area contributed by atoms with Crippen molar-refractivity contribution in [2.75, 3.05) is 60.9 Å². The van der Waals surface area contributed by atoms with Crippen LogP contribution in [0.3, 0.4) is 0 Å². The lowest BCUT2D eigenvalue weighted by molar-refractivity contribution is -0.274. The van der Waals surface area contributed by atoms with Gasteiger partial charge in [-0.05, 0) is 56.0 Å². The minimum atomic E-state index is -4.81. The molecule has 3 amide bonds. The molecule has 2 aromatic carbocycles. The molecule has 11 nitrogen and oxygen atoms in total. The summed E-state index contributed by atoms with van der Waals surface area (Å²) in [6.45, 7) is 3.35. The molecule has 3 aliphatic rings. The smallest absolute Gasteiger partial charge is 0.448 e. The SMILES string of the molecule is O=C(NCCCN1CCCC1=O)c1ccc(N2CCN(c3ccccc3OC(F)(F)F)CC2)c(NC(=O)c2coc(C3CC3)n2)c1. The zero-order valence-electron chi connectivity index (χ0n) is 25.1. The number of aromatic nitrogens is 1. The third-order valence-electron chi connectivity index (χ3n) is 8.30. The van der Waals surface area contributed by atoms with Gasteiger partial charge in [0.05, 0.1) is 17.1 Å². The van der Waals surface area contributed by atoms with E-state index in [2.05, 4.69) is 20.4 Å². The Morgan fingerprint density at radius 2 is 1.72 bits per heavy atom. The molecule has 1 saturated carbocycles. The predicted octanol–water partition coefficient (Wildman–Crippen LogP) is 4.77. The number of oxazole rings is 1. The molecule has 2 N–H and O–H groups in total. The summed E-state index contributed by atoms with van der Waals surface area (Å²) in [6, 6.07) is 11.1. The molecule has 14 heteroatoms. The van der Waals surface area contributed by atoms with E-state index >= 15 is 0 Å². The standard InChI is InChI=1S/C32H35F3N6O5/c33-32(34,35)46-27-6-2-1-5-26(27)40-17-15-39(16-18-40)25-11-10-22(29(43)36-12-4-14-41-13-3-7-28(41)42)19-23(25)37-30(44)24-20-45-31(38-24)21-8-9-21/h1-2,5-6,10-11,19-21H,3-4,7-9,12-18H2,(H,36,43)(H,37,44). The highest BCUT2D eigenvalue weighted by molar-refractivity contribution is 6.06. The number of alkyl halides is 3. The van der Waals surface area contributed by atoms with Gasteiger partial charge < -0.3 is 34.5 Å². The number of hydrogen-bond donors (Lipinski definition) is 2. The van der Waals surface area contributed by atoms with Gasteiger partial charge in [-0.15, -0.1) is 13.2 Å². The lowest BCUT2D eigenvalue weighted by Crippen LogP contribution is -2.47. The molecule has 3 aromatic rings. The number of amides is 3. The number of nitrogens with one attached hydrogen (secondary N) is 2. The van der Waals surface area contributed by atoms with Crippen molar-refractivity contribution >= 4 is 34.8 Å². The molecule has 0 atom stereocenters. The van der Waals surface area contributed by atoms with Crippen LogP contribution in [0.2, 0.25) is 0 Å². The summed E-state index contributed by atoms with van der Waals surface area (Å²) in [6.07, 6.45) is 0.496. The molecule has 3 fully saturated rings. The van der Waals surface area contributed by atoms with E-state index in [1.165, 1.54) is 18.4 Å². The van der Waals surface area contributed by atoms with Gasteiger partial charge in [0.25, 0.3) is 11.8 Å². The maximum Gasteiger partial charge on any atom is 0.573 e. The van der Waals surface area contributed by atoms with Crippen LogP contribution >= 0.6 is 0 Å². The summed E-state index contributed by atoms with van der Waals surface area (Å²) in [4.78, 5) is 48.1. The first kappa shape index (κ1) is 31.2. The average molecular weight is 641 g/mol. The first-order chi connectivity index (χ1) is 22.1. The number of carbonyl (C=O) groups is 3. The number of ether oxygens (including phenoxy) is 1. The van der Waals surface area contributed by atoms with E-state index in [-0.39, 0.29) is 29.2 Å². The molecule has 2 aliphatic heterocycles. The number of carbonyl (C=O) groups excluding carboxylic acids is 3. The Labute approximate surface area is 263 Å². The molecule has 46 heavy (non-hydrogen) atoms. The highest BCUT2D eigenvalue weighted by Crippen LogP contribution is 2.39. The van der Waals surface area contributed by atoms with Gasteiger partial charge in [-0.1, -0.05) is 12.1 Å². The van der Waals surface area contributed by atoms with Crippen molar-refractivity contribution in [3.63, 3.8) is 0 Å². The zero-order chi connectivity index (χ0) is 32.3. The van der Waals surface area contributed by atoms with E-state index in [0.717, 1.165) is 25.8 Å². The van der Waals surface area contributed by atoms with E-state index in [9.17, 15) is 27.6 Å². The second-order valence-electron chi connectivity index (χ2n) is 11.6. The summed E-state index contributed by atoms with van der Waals surface area (Å²) < 4.78 is 48.8. The quantitative estimate of drug-likeness (QED) is 0.288. The number of para-hydroxylation sites is 2. The molecule has 0 radical (unpaired) electrons. The van der Waals surface area contributed by atoms with Crippen molar-refractivity contribution in [1.82, 2.24) is 15.2 Å². The van der Waals surface area contributed by atoms with Gasteiger partial charge in [0.2, 0.25) is 5.91 Å². The largest absolute Gasteiger partial charge is 0.573 e. The normalized spacial score (nSPS) is 16.9. The molecule has 2 saturated heterocycles. The molecule has 1 aliphatic carbocycles. The Morgan fingerprint density at radius 3 is 2.41 bits per heavy atom. The van der Waals surface area contributed by atoms with Crippen molar-refractivity contribution in [1.29, 1.82) is 0 Å². The monoisotopic (exact) mass is 640 g/mol. The number of anilines is 3. The van der Waals surface area contributed by atoms with Gasteiger partial charge in [0.15, 0.2) is 17.3 Å². The Hall–Kier alpha value is -4.75. The van der Waals surface area contributed by atoms with Crippen molar-refractivity contribution in [3.05, 3.63) is 65.9 Å². The van der Waals surface area contributed by atoms with Crippen LogP contribution < -0.4 is 25.2 Å². The van der Waals surface area contributed by atoms with Crippen molar-refractivity contribution in [2.45, 2.75) is 44.4 Å². The number of benzene rings is 2. The fourth-order valence-corrected chi connectivity index (χ4v) is 5.78. The Balaban J connectivity index is 1.15. The van der Waals surface area contributed by atoms with Gasteiger partial charge in [-0.3, -0.25) is 14.4 Å². The zero-order valence-corrected chi connectivity index (χ0v) is 25.1. The third-order valence-corrected chi connectivity index (χ3v) is 8.30. The van der Waals surface area contributed by atoms with Crippen LogP contribution in [0, 0.1) is 0 Å². The molecule has 244 valence electrons. The van der Waals surface area contributed by atoms with Gasteiger partial charge in [0.1, 0.15) is 6.26 Å². The fourth-order valence-electron chi connectivity index (χ4n) is 5.78. The van der Waals surface area contributed by atoms with Crippen LogP contribution in [0.1, 0.15) is 64.8 Å². The van der Waals surface area contributed by atoms with Crippen LogP contribution in [0.5, 0.6) is 5.75 Å². The first-order valence-electron chi connectivity index (χ1n) is 15.5. The summed E-state index contributed by atoms with van der Waals surface area (Å²) in [7, 11) is 0. The van der Waals surface area contributed by atoms with E-state index in [4.69, 9.17) is 4.42 Å². The minimum Gasteiger partial charge on any atom is -0.448 e. The topological polar surface area (TPSA) is 120 Å². The number of hydrogen-bond acceptors (Lipinski definition) is 8. The van der Waals surface area contributed by atoms with Gasteiger partial charge in [-0.2, -0.15) is 0 Å². The van der Waals surface area contributed by atoms with Crippen LogP contribution in [0.25, 0.3) is 0 Å². The predicted molar refractivity (Wildman–Crippen MR) is 163 cm³/mol. The van der Waals surface area contributed by atoms with Crippen molar-refractivity contribution in [2.24, 2.45) is 0 Å². The molecule has 0 bridgehead atoms. The summed E-state index contributed by atoms with van der Waals surface area (Å²) in [5, 5.41) is 5.78. The molecule has 1 aromatic heterocycles. The first-order valence-corrected chi connectivity index (χ1v) is 15.5. The second-order valence-corrected chi connectivity index (χ2v) is 11.6. The Bertz CT molecular complexity index is 1580. The number of rotatable bonds is 11. The molecular formula is C32H35F3N6O5. The van der Waals surface area contributed by atoms with Gasteiger partial charge in [0, 0.05) is 63.7 Å². The van der Waals surface area contributed by atoms with Crippen LogP contribution in [-0.4, -0.2) is 79.8 Å². The Morgan fingerprint density at radius 1 is 0.978 bits per heavy atom. The summed E-state index contributed by atoms with van der Waals surface area (Å²) >= 11 is 0. The average Bonchev–Trinajstić information content (AvgIpc) is 3.62. The van der Waals surface area contributed by atoms with Crippen molar-refractivity contribution in [3.8, 4) is 5.75 Å². The summed E-state index contributed by atoms with van der Waals surface area (Å²) in [5.41, 5.74) is 1.86. The highest BCUT2D eigenvalue weighted by atomic mass is 19.4. The van der Waals surface area contributed by atoms with E-state index in [0.29, 0.717) is 80.6 Å². The number of likely N-dealkylation sites (tertiary alicyclic amines) is 1. The van der Waals surface area contributed by atoms with Crippen LogP contribution in [0.4, 0.5) is 30.2 Å². The number of nitrogens with zero attached hydrogens (tertiary/aromatic N) is 4. The lowest BCUT2D eigenvalue weighted by Gasteiger charge is -2.38. The second kappa shape index (κ2) is 13.3. The minimum absolute atomic E-state index is 0.130. The molecule has 3 heterocycles. The van der Waals surface area contributed by atoms with Crippen LogP contribution in [0.15, 0.2) is 53.1 Å². The van der Waals surface area contributed by atoms with E-state index in [1.54, 1.807) is 35.2 Å².